The van der Waals surface area contributed by atoms with E-state index >= 15 is 0 Å². The van der Waals surface area contributed by atoms with Gasteiger partial charge >= 0.3 is 0 Å². The van der Waals surface area contributed by atoms with Gasteiger partial charge in [-0.15, -0.1) is 0 Å². The summed E-state index contributed by atoms with van der Waals surface area (Å²) in [6.45, 7) is 2.91. The number of anilines is 1. The second-order valence-corrected chi connectivity index (χ2v) is 5.07. The topological polar surface area (TPSA) is 23.5 Å². The molecule has 19 heavy (non-hydrogen) atoms. The van der Waals surface area contributed by atoms with Gasteiger partial charge in [-0.25, -0.2) is 0 Å². The minimum atomic E-state index is 0.125. The summed E-state index contributed by atoms with van der Waals surface area (Å²) in [7, 11) is 2.04. The summed E-state index contributed by atoms with van der Waals surface area (Å²) in [6.07, 6.45) is 1.05. The Morgan fingerprint density at radius 3 is 2.26 bits per heavy atom. The lowest BCUT2D eigenvalue weighted by atomic mass is 10.1. The van der Waals surface area contributed by atoms with Crippen LogP contribution in [0.2, 0.25) is 5.02 Å². The molecule has 1 N–H and O–H groups in total. The fourth-order valence-electron chi connectivity index (χ4n) is 2.00. The Bertz CT molecular complexity index is 551. The molecule has 0 radical (unpaired) electrons. The molecule has 2 rings (SSSR count). The number of rotatable bonds is 4. The van der Waals surface area contributed by atoms with Crippen molar-refractivity contribution >= 4 is 17.3 Å². The maximum atomic E-state index is 9.41. The summed E-state index contributed by atoms with van der Waals surface area (Å²) in [4.78, 5) is 2.15. The van der Waals surface area contributed by atoms with E-state index in [1.807, 2.05) is 13.1 Å². The molecular formula is C16H18ClNO. The third-order valence-electron chi connectivity index (χ3n) is 3.22. The third-order valence-corrected chi connectivity index (χ3v) is 3.52. The Kier molecular flexibility index (Phi) is 4.33. The minimum absolute atomic E-state index is 0.125. The lowest BCUT2D eigenvalue weighted by Gasteiger charge is -2.20. The molecule has 0 heterocycles. The second-order valence-electron chi connectivity index (χ2n) is 4.66. The van der Waals surface area contributed by atoms with Gasteiger partial charge in [-0.1, -0.05) is 36.7 Å². The number of benzene rings is 2. The van der Waals surface area contributed by atoms with Crippen LogP contribution in [0, 0.1) is 0 Å². The van der Waals surface area contributed by atoms with Crippen LogP contribution in [-0.2, 0) is 13.0 Å². The van der Waals surface area contributed by atoms with E-state index < -0.39 is 0 Å². The number of aryl methyl sites for hydroxylation is 1. The Morgan fingerprint density at radius 1 is 1.05 bits per heavy atom. The molecule has 0 amide bonds. The summed E-state index contributed by atoms with van der Waals surface area (Å²) in [6, 6.07) is 13.9. The van der Waals surface area contributed by atoms with Gasteiger partial charge in [0.2, 0.25) is 0 Å². The Balaban J connectivity index is 2.10. The maximum Gasteiger partial charge on any atom is 0.134 e. The van der Waals surface area contributed by atoms with Crippen LogP contribution >= 0.6 is 11.6 Å². The van der Waals surface area contributed by atoms with Crippen molar-refractivity contribution in [2.45, 2.75) is 19.9 Å². The largest absolute Gasteiger partial charge is 0.506 e. The van der Waals surface area contributed by atoms with Gasteiger partial charge in [-0.05, 0) is 41.8 Å². The van der Waals surface area contributed by atoms with Gasteiger partial charge in [0.15, 0.2) is 0 Å². The van der Waals surface area contributed by atoms with Gasteiger partial charge in [0.25, 0.3) is 0 Å². The fraction of sp³-hybridized carbons (Fsp3) is 0.250. The quantitative estimate of drug-likeness (QED) is 0.902. The van der Waals surface area contributed by atoms with Gasteiger partial charge in [-0.2, -0.15) is 0 Å². The van der Waals surface area contributed by atoms with E-state index in [4.69, 9.17) is 11.6 Å². The molecule has 0 atom stereocenters. The van der Waals surface area contributed by atoms with Crippen molar-refractivity contribution in [1.82, 2.24) is 0 Å². The summed E-state index contributed by atoms with van der Waals surface area (Å²) in [5, 5.41) is 9.80. The molecule has 2 nitrogen and oxygen atoms in total. The molecule has 0 aliphatic rings. The van der Waals surface area contributed by atoms with Crippen LogP contribution in [-0.4, -0.2) is 12.2 Å². The summed E-state index contributed by atoms with van der Waals surface area (Å²) < 4.78 is 0. The maximum absolute atomic E-state index is 9.41. The van der Waals surface area contributed by atoms with Crippen molar-refractivity contribution in [1.29, 1.82) is 0 Å². The minimum Gasteiger partial charge on any atom is -0.506 e. The molecule has 3 heteroatoms. The van der Waals surface area contributed by atoms with Gasteiger partial charge in [0.1, 0.15) is 5.75 Å². The number of phenols is 1. The Hall–Kier alpha value is -1.67. The van der Waals surface area contributed by atoms with Crippen molar-refractivity contribution in [3.05, 3.63) is 58.6 Å². The van der Waals surface area contributed by atoms with Gasteiger partial charge in [-0.3, -0.25) is 0 Å². The smallest absolute Gasteiger partial charge is 0.134 e. The van der Waals surface area contributed by atoms with E-state index in [9.17, 15) is 5.11 Å². The molecule has 0 saturated heterocycles. The van der Waals surface area contributed by atoms with Gasteiger partial charge in [0, 0.05) is 19.3 Å². The molecule has 2 aromatic rings. The molecule has 0 saturated carbocycles. The predicted octanol–water partition coefficient (Wildman–Crippen LogP) is 4.24. The molecule has 0 spiro atoms. The van der Waals surface area contributed by atoms with Crippen molar-refractivity contribution in [2.24, 2.45) is 0 Å². The standard InChI is InChI=1S/C16H18ClNO/c1-3-12-4-7-14(8-5-12)18(2)11-13-6-9-16(19)15(17)10-13/h4-10,19H,3,11H2,1-2H3. The van der Waals surface area contributed by atoms with E-state index in [0.29, 0.717) is 5.02 Å². The van der Waals surface area contributed by atoms with Gasteiger partial charge < -0.3 is 10.0 Å². The Morgan fingerprint density at radius 2 is 1.68 bits per heavy atom. The molecule has 0 fully saturated rings. The van der Waals surface area contributed by atoms with Crippen molar-refractivity contribution in [3.8, 4) is 5.75 Å². The van der Waals surface area contributed by atoms with E-state index in [0.717, 1.165) is 18.5 Å². The number of aromatic hydroxyl groups is 1. The molecule has 0 aliphatic heterocycles. The zero-order chi connectivity index (χ0) is 13.8. The average Bonchev–Trinajstić information content (AvgIpc) is 2.43. The lowest BCUT2D eigenvalue weighted by Crippen LogP contribution is -2.16. The first-order valence-corrected chi connectivity index (χ1v) is 6.75. The summed E-state index contributed by atoms with van der Waals surface area (Å²) >= 11 is 5.91. The number of phenolic OH excluding ortho intramolecular Hbond substituents is 1. The van der Waals surface area contributed by atoms with E-state index in [1.165, 1.54) is 11.3 Å². The number of hydrogen-bond donors (Lipinski definition) is 1. The first kappa shape index (κ1) is 13.8. The molecule has 0 bridgehead atoms. The normalized spacial score (nSPS) is 10.5. The zero-order valence-electron chi connectivity index (χ0n) is 11.2. The summed E-state index contributed by atoms with van der Waals surface area (Å²) in [5.74, 6) is 0.125. The number of hydrogen-bond acceptors (Lipinski definition) is 2. The van der Waals surface area contributed by atoms with Crippen molar-refractivity contribution in [3.63, 3.8) is 0 Å². The highest BCUT2D eigenvalue weighted by Crippen LogP contribution is 2.25. The molecular weight excluding hydrogens is 258 g/mol. The first-order chi connectivity index (χ1) is 9.10. The molecule has 0 aromatic heterocycles. The molecule has 100 valence electrons. The highest BCUT2D eigenvalue weighted by molar-refractivity contribution is 6.32. The monoisotopic (exact) mass is 275 g/mol. The molecule has 0 unspecified atom stereocenters. The van der Waals surface area contributed by atoms with Crippen molar-refractivity contribution < 1.29 is 5.11 Å². The SMILES string of the molecule is CCc1ccc(N(C)Cc2ccc(O)c(Cl)c2)cc1. The van der Waals surface area contributed by atoms with E-state index in [1.54, 1.807) is 12.1 Å². The predicted molar refractivity (Wildman–Crippen MR) is 81.0 cm³/mol. The highest BCUT2D eigenvalue weighted by atomic mass is 35.5. The zero-order valence-corrected chi connectivity index (χ0v) is 12.0. The van der Waals surface area contributed by atoms with Crippen LogP contribution in [0.15, 0.2) is 42.5 Å². The number of nitrogens with zero attached hydrogens (tertiary/aromatic N) is 1. The second kappa shape index (κ2) is 5.98. The highest BCUT2D eigenvalue weighted by Gasteiger charge is 2.04. The van der Waals surface area contributed by atoms with Crippen LogP contribution in [0.25, 0.3) is 0 Å². The fourth-order valence-corrected chi connectivity index (χ4v) is 2.20. The Labute approximate surface area is 119 Å². The summed E-state index contributed by atoms with van der Waals surface area (Å²) in [5.41, 5.74) is 3.58. The average molecular weight is 276 g/mol. The van der Waals surface area contributed by atoms with Gasteiger partial charge in [0.05, 0.1) is 5.02 Å². The van der Waals surface area contributed by atoms with E-state index in [-0.39, 0.29) is 5.75 Å². The number of halogens is 1. The van der Waals surface area contributed by atoms with Crippen LogP contribution in [0.1, 0.15) is 18.1 Å². The van der Waals surface area contributed by atoms with E-state index in [2.05, 4.69) is 36.1 Å². The van der Waals surface area contributed by atoms with Crippen LogP contribution in [0.4, 0.5) is 5.69 Å². The lowest BCUT2D eigenvalue weighted by molar-refractivity contribution is 0.475. The van der Waals surface area contributed by atoms with Crippen LogP contribution in [0.3, 0.4) is 0 Å². The third kappa shape index (κ3) is 3.42. The van der Waals surface area contributed by atoms with Crippen LogP contribution in [0.5, 0.6) is 5.75 Å². The van der Waals surface area contributed by atoms with Crippen LogP contribution < -0.4 is 4.90 Å². The van der Waals surface area contributed by atoms with Crippen molar-refractivity contribution in [2.75, 3.05) is 11.9 Å². The molecule has 0 aliphatic carbocycles. The molecule has 2 aromatic carbocycles. The first-order valence-electron chi connectivity index (χ1n) is 6.37.